The van der Waals surface area contributed by atoms with Crippen LogP contribution in [0.3, 0.4) is 0 Å². The van der Waals surface area contributed by atoms with Crippen LogP contribution in [0, 0.1) is 18.7 Å². The first kappa shape index (κ1) is 15.3. The second-order valence-corrected chi connectivity index (χ2v) is 5.37. The number of rotatable bonds is 4. The number of hydrogen-bond donors (Lipinski definition) is 2. The molecule has 0 spiro atoms. The van der Waals surface area contributed by atoms with E-state index in [2.05, 4.69) is 26.2 Å². The first-order chi connectivity index (χ1) is 11.1. The summed E-state index contributed by atoms with van der Waals surface area (Å²) in [6.45, 7) is 3.61. The second-order valence-electron chi connectivity index (χ2n) is 5.37. The number of nitrogens with one attached hydrogen (secondary N) is 2. The molecule has 1 aliphatic rings. The van der Waals surface area contributed by atoms with Crippen LogP contribution in [0.5, 0.6) is 0 Å². The average molecular weight is 320 g/mol. The number of carbonyl (C=O) groups excluding carboxylic acids is 1. The highest BCUT2D eigenvalue weighted by Crippen LogP contribution is 2.19. The Labute approximate surface area is 132 Å². The van der Waals surface area contributed by atoms with Gasteiger partial charge in [-0.2, -0.15) is 4.68 Å². The van der Waals surface area contributed by atoms with Gasteiger partial charge in [0.15, 0.2) is 5.82 Å². The number of carbonyl (C=O) groups is 1. The lowest BCUT2D eigenvalue weighted by Crippen LogP contribution is -2.33. The van der Waals surface area contributed by atoms with E-state index in [1.807, 2.05) is 0 Å². The van der Waals surface area contributed by atoms with E-state index in [9.17, 15) is 9.18 Å². The second kappa shape index (κ2) is 6.69. The van der Waals surface area contributed by atoms with Crippen molar-refractivity contribution in [3.8, 4) is 5.69 Å². The monoisotopic (exact) mass is 320 g/mol. The zero-order valence-electron chi connectivity index (χ0n) is 12.6. The summed E-state index contributed by atoms with van der Waals surface area (Å²) in [5, 5.41) is 16.4. The van der Waals surface area contributed by atoms with Gasteiger partial charge in [-0.1, -0.05) is 0 Å². The number of benzene rings is 1. The van der Waals surface area contributed by atoms with Crippen LogP contribution in [0.4, 0.5) is 14.9 Å². The van der Waals surface area contributed by atoms with Crippen LogP contribution < -0.4 is 10.6 Å². The minimum absolute atomic E-state index is 0.175. The van der Waals surface area contributed by atoms with Gasteiger partial charge in [-0.15, -0.1) is 5.10 Å². The quantitative estimate of drug-likeness (QED) is 0.885. The Morgan fingerprint density at radius 1 is 1.52 bits per heavy atom. The Bertz CT molecular complexity index is 698. The predicted molar refractivity (Wildman–Crippen MR) is 79.8 cm³/mol. The summed E-state index contributed by atoms with van der Waals surface area (Å²) in [5.74, 6) is 0.314. The van der Waals surface area contributed by atoms with Crippen LogP contribution in [0.2, 0.25) is 0 Å². The third kappa shape index (κ3) is 3.62. The molecule has 0 bridgehead atoms. The number of ether oxygens (including phenoxy) is 1. The number of urea groups is 1. The van der Waals surface area contributed by atoms with E-state index in [0.717, 1.165) is 13.0 Å². The maximum atomic E-state index is 13.9. The fourth-order valence-electron chi connectivity index (χ4n) is 2.36. The molecule has 2 N–H and O–H groups in total. The molecule has 0 saturated carbocycles. The van der Waals surface area contributed by atoms with E-state index in [1.54, 1.807) is 6.92 Å². The van der Waals surface area contributed by atoms with E-state index in [1.165, 1.54) is 22.9 Å². The van der Waals surface area contributed by atoms with E-state index in [-0.39, 0.29) is 11.7 Å². The SMILES string of the molecule is Cc1nnnn1-c1cc(NC(=O)NC[C@@H]2CCOC2)ccc1F. The highest BCUT2D eigenvalue weighted by molar-refractivity contribution is 5.89. The number of halogens is 1. The Morgan fingerprint density at radius 3 is 3.09 bits per heavy atom. The molecule has 1 aliphatic heterocycles. The predicted octanol–water partition coefficient (Wildman–Crippen LogP) is 1.27. The fourth-order valence-corrected chi connectivity index (χ4v) is 2.36. The molecule has 0 unspecified atom stereocenters. The smallest absolute Gasteiger partial charge is 0.319 e. The molecule has 122 valence electrons. The summed E-state index contributed by atoms with van der Waals surface area (Å²) in [6.07, 6.45) is 0.944. The molecule has 1 aromatic carbocycles. The van der Waals surface area contributed by atoms with Crippen molar-refractivity contribution in [3.05, 3.63) is 29.8 Å². The molecule has 8 nitrogen and oxygen atoms in total. The molecular formula is C14H17FN6O2. The maximum Gasteiger partial charge on any atom is 0.319 e. The number of nitrogens with zero attached hydrogens (tertiary/aromatic N) is 4. The lowest BCUT2D eigenvalue weighted by atomic mass is 10.1. The first-order valence-electron chi connectivity index (χ1n) is 7.31. The number of hydrogen-bond acceptors (Lipinski definition) is 5. The van der Waals surface area contributed by atoms with Crippen molar-refractivity contribution in [1.29, 1.82) is 0 Å². The highest BCUT2D eigenvalue weighted by atomic mass is 19.1. The third-order valence-corrected chi connectivity index (χ3v) is 3.63. The Hall–Kier alpha value is -2.55. The van der Waals surface area contributed by atoms with Gasteiger partial charge in [0.1, 0.15) is 11.5 Å². The molecule has 2 aromatic rings. The van der Waals surface area contributed by atoms with E-state index in [4.69, 9.17) is 4.74 Å². The third-order valence-electron chi connectivity index (χ3n) is 3.63. The Kier molecular flexibility index (Phi) is 4.47. The number of tetrazole rings is 1. The molecule has 2 amide bonds. The van der Waals surface area contributed by atoms with Gasteiger partial charge >= 0.3 is 6.03 Å². The van der Waals surface area contributed by atoms with Gasteiger partial charge < -0.3 is 15.4 Å². The van der Waals surface area contributed by atoms with Crippen molar-refractivity contribution in [1.82, 2.24) is 25.5 Å². The summed E-state index contributed by atoms with van der Waals surface area (Å²) in [5.41, 5.74) is 0.631. The van der Waals surface area contributed by atoms with Crippen molar-refractivity contribution >= 4 is 11.7 Å². The molecule has 3 rings (SSSR count). The summed E-state index contributed by atoms with van der Waals surface area (Å²) >= 11 is 0. The van der Waals surface area contributed by atoms with Crippen molar-refractivity contribution in [2.75, 3.05) is 25.1 Å². The van der Waals surface area contributed by atoms with Crippen LogP contribution in [-0.2, 0) is 4.74 Å². The fraction of sp³-hybridized carbons (Fsp3) is 0.429. The zero-order chi connectivity index (χ0) is 16.2. The molecule has 0 radical (unpaired) electrons. The van der Waals surface area contributed by atoms with Gasteiger partial charge in [0.05, 0.1) is 6.61 Å². The summed E-state index contributed by atoms with van der Waals surface area (Å²) in [6, 6.07) is 3.88. The van der Waals surface area contributed by atoms with Crippen LogP contribution in [0.1, 0.15) is 12.2 Å². The zero-order valence-corrected chi connectivity index (χ0v) is 12.6. The molecule has 1 saturated heterocycles. The first-order valence-corrected chi connectivity index (χ1v) is 7.31. The van der Waals surface area contributed by atoms with Crippen LogP contribution in [-0.4, -0.2) is 46.0 Å². The highest BCUT2D eigenvalue weighted by Gasteiger charge is 2.16. The standard InChI is InChI=1S/C14H17FN6O2/c1-9-18-19-20-21(9)13-6-11(2-3-12(13)15)17-14(22)16-7-10-4-5-23-8-10/h2-3,6,10H,4-5,7-8H2,1H3,(H2,16,17,22)/t10-/m0/s1. The molecule has 1 atom stereocenters. The minimum Gasteiger partial charge on any atom is -0.381 e. The Balaban J connectivity index is 1.66. The Morgan fingerprint density at radius 2 is 2.39 bits per heavy atom. The van der Waals surface area contributed by atoms with Crippen molar-refractivity contribution in [2.24, 2.45) is 5.92 Å². The summed E-state index contributed by atoms with van der Waals surface area (Å²) < 4.78 is 20.5. The largest absolute Gasteiger partial charge is 0.381 e. The van der Waals surface area contributed by atoms with E-state index < -0.39 is 5.82 Å². The topological polar surface area (TPSA) is 94.0 Å². The number of aryl methyl sites for hydroxylation is 1. The van der Waals surface area contributed by atoms with Gasteiger partial charge in [0.2, 0.25) is 0 Å². The van der Waals surface area contributed by atoms with Crippen LogP contribution in [0.25, 0.3) is 5.69 Å². The molecule has 9 heteroatoms. The number of aromatic nitrogens is 4. The van der Waals surface area contributed by atoms with E-state index in [0.29, 0.717) is 30.6 Å². The molecule has 0 aliphatic carbocycles. The molecule has 1 aromatic heterocycles. The molecule has 23 heavy (non-hydrogen) atoms. The number of anilines is 1. The molecule has 2 heterocycles. The number of amides is 2. The summed E-state index contributed by atoms with van der Waals surface area (Å²) in [7, 11) is 0. The minimum atomic E-state index is -0.477. The van der Waals surface area contributed by atoms with Gasteiger partial charge in [-0.3, -0.25) is 0 Å². The van der Waals surface area contributed by atoms with Crippen molar-refractivity contribution < 1.29 is 13.9 Å². The summed E-state index contributed by atoms with van der Waals surface area (Å²) in [4.78, 5) is 11.9. The van der Waals surface area contributed by atoms with Crippen molar-refractivity contribution in [3.63, 3.8) is 0 Å². The lowest BCUT2D eigenvalue weighted by Gasteiger charge is -2.12. The van der Waals surface area contributed by atoms with Crippen molar-refractivity contribution in [2.45, 2.75) is 13.3 Å². The van der Waals surface area contributed by atoms with Crippen LogP contribution in [0.15, 0.2) is 18.2 Å². The average Bonchev–Trinajstić information content (AvgIpc) is 3.19. The van der Waals surface area contributed by atoms with Gasteiger partial charge in [-0.05, 0) is 42.0 Å². The normalized spacial score (nSPS) is 17.2. The van der Waals surface area contributed by atoms with Gasteiger partial charge in [0.25, 0.3) is 0 Å². The molecular weight excluding hydrogens is 303 g/mol. The van der Waals surface area contributed by atoms with Crippen LogP contribution >= 0.6 is 0 Å². The maximum absolute atomic E-state index is 13.9. The molecule has 1 fully saturated rings. The van der Waals surface area contributed by atoms with E-state index >= 15 is 0 Å². The van der Waals surface area contributed by atoms with Gasteiger partial charge in [-0.25, -0.2) is 9.18 Å². The van der Waals surface area contributed by atoms with Gasteiger partial charge in [0, 0.05) is 24.8 Å². The lowest BCUT2D eigenvalue weighted by molar-refractivity contribution is 0.185.